The van der Waals surface area contributed by atoms with Crippen molar-refractivity contribution in [3.05, 3.63) is 35.2 Å². The van der Waals surface area contributed by atoms with Crippen molar-refractivity contribution in [1.82, 2.24) is 19.7 Å². The Kier molecular flexibility index (Phi) is 5.08. The van der Waals surface area contributed by atoms with Gasteiger partial charge < -0.3 is 9.47 Å². The fraction of sp³-hybridized carbons (Fsp3) is 0.632. The van der Waals surface area contributed by atoms with Crippen LogP contribution in [0.5, 0.6) is 5.75 Å². The smallest absolute Gasteiger partial charge is 0.165 e. The van der Waals surface area contributed by atoms with Gasteiger partial charge in [-0.2, -0.15) is 5.10 Å². The monoisotopic (exact) mass is 344 g/mol. The first-order valence-corrected chi connectivity index (χ1v) is 9.02. The van der Waals surface area contributed by atoms with Crippen molar-refractivity contribution in [3.8, 4) is 5.75 Å². The summed E-state index contributed by atoms with van der Waals surface area (Å²) in [7, 11) is 0. The van der Waals surface area contributed by atoms with Crippen LogP contribution in [0.2, 0.25) is 0 Å². The molecule has 6 heteroatoms. The van der Waals surface area contributed by atoms with Gasteiger partial charge in [-0.1, -0.05) is 6.92 Å². The van der Waals surface area contributed by atoms with Crippen molar-refractivity contribution in [1.29, 1.82) is 0 Å². The molecule has 0 spiro atoms. The number of rotatable bonds is 5. The van der Waals surface area contributed by atoms with Crippen LogP contribution in [0, 0.1) is 6.92 Å². The molecular weight excluding hydrogens is 316 g/mol. The molecule has 2 aromatic heterocycles. The third-order valence-electron chi connectivity index (χ3n) is 4.38. The van der Waals surface area contributed by atoms with Crippen LogP contribution in [0.25, 0.3) is 0 Å². The van der Waals surface area contributed by atoms with Crippen LogP contribution in [-0.2, 0) is 23.3 Å². The highest BCUT2D eigenvalue weighted by Gasteiger charge is 2.27. The molecule has 6 nitrogen and oxygen atoms in total. The van der Waals surface area contributed by atoms with E-state index in [4.69, 9.17) is 19.6 Å². The summed E-state index contributed by atoms with van der Waals surface area (Å²) in [6, 6.07) is 3.97. The first-order chi connectivity index (χ1) is 11.9. The van der Waals surface area contributed by atoms with Gasteiger partial charge in [0.1, 0.15) is 12.4 Å². The van der Waals surface area contributed by atoms with E-state index in [-0.39, 0.29) is 11.5 Å². The normalized spacial score (nSPS) is 17.9. The number of aryl methyl sites for hydroxylation is 2. The van der Waals surface area contributed by atoms with E-state index in [9.17, 15) is 0 Å². The molecule has 2 aromatic rings. The summed E-state index contributed by atoms with van der Waals surface area (Å²) in [6.07, 6.45) is 1.82. The number of nitrogens with zero attached hydrogens (tertiary/aromatic N) is 4. The molecule has 0 amide bonds. The standard InChI is InChI=1S/C19H28N4O2/c1-6-15-16(8-7-13(2)20-15)25-12-17-21-18(14-9-10-24-11-14)22-23(17)19(3,4)5/h7-8,14H,6,9-12H2,1-5H3. The molecule has 1 aliphatic heterocycles. The molecule has 1 unspecified atom stereocenters. The van der Waals surface area contributed by atoms with Crippen LogP contribution in [0.4, 0.5) is 0 Å². The average Bonchev–Trinajstić information content (AvgIpc) is 3.22. The predicted octanol–water partition coefficient (Wildman–Crippen LogP) is 3.38. The first kappa shape index (κ1) is 17.9. The average molecular weight is 344 g/mol. The van der Waals surface area contributed by atoms with E-state index >= 15 is 0 Å². The van der Waals surface area contributed by atoms with E-state index in [1.54, 1.807) is 0 Å². The molecule has 0 bridgehead atoms. The van der Waals surface area contributed by atoms with Crippen molar-refractivity contribution < 1.29 is 9.47 Å². The maximum atomic E-state index is 6.06. The molecule has 25 heavy (non-hydrogen) atoms. The van der Waals surface area contributed by atoms with Crippen LogP contribution in [0.15, 0.2) is 12.1 Å². The quantitative estimate of drug-likeness (QED) is 0.832. The number of hydrogen-bond acceptors (Lipinski definition) is 5. The van der Waals surface area contributed by atoms with E-state index in [1.165, 1.54) is 0 Å². The summed E-state index contributed by atoms with van der Waals surface area (Å²) in [5.41, 5.74) is 1.83. The highest BCUT2D eigenvalue weighted by Crippen LogP contribution is 2.26. The molecule has 1 aliphatic rings. The van der Waals surface area contributed by atoms with Crippen LogP contribution >= 0.6 is 0 Å². The van der Waals surface area contributed by atoms with Crippen molar-refractivity contribution in [2.45, 2.75) is 65.5 Å². The van der Waals surface area contributed by atoms with Gasteiger partial charge in [0.15, 0.2) is 11.6 Å². The lowest BCUT2D eigenvalue weighted by Crippen LogP contribution is -2.26. The fourth-order valence-corrected chi connectivity index (χ4v) is 3.03. The van der Waals surface area contributed by atoms with Crippen molar-refractivity contribution in [3.63, 3.8) is 0 Å². The molecule has 1 atom stereocenters. The topological polar surface area (TPSA) is 62.1 Å². The van der Waals surface area contributed by atoms with E-state index in [1.807, 2.05) is 23.7 Å². The van der Waals surface area contributed by atoms with Gasteiger partial charge in [0.25, 0.3) is 0 Å². The Bertz CT molecular complexity index is 728. The van der Waals surface area contributed by atoms with Gasteiger partial charge in [-0.15, -0.1) is 0 Å². The molecule has 0 aliphatic carbocycles. The molecule has 3 rings (SSSR count). The maximum Gasteiger partial charge on any atom is 0.165 e. The molecule has 0 aromatic carbocycles. The van der Waals surface area contributed by atoms with Crippen molar-refractivity contribution >= 4 is 0 Å². The Balaban J connectivity index is 1.83. The second-order valence-electron chi connectivity index (χ2n) is 7.57. The van der Waals surface area contributed by atoms with Gasteiger partial charge in [0.2, 0.25) is 0 Å². The Morgan fingerprint density at radius 2 is 2.08 bits per heavy atom. The molecular formula is C19H28N4O2. The molecule has 0 radical (unpaired) electrons. The van der Waals surface area contributed by atoms with Crippen LogP contribution in [0.3, 0.4) is 0 Å². The SMILES string of the molecule is CCc1nc(C)ccc1OCc1nc(C2CCOC2)nn1C(C)(C)C. The predicted molar refractivity (Wildman–Crippen MR) is 95.9 cm³/mol. The van der Waals surface area contributed by atoms with Crippen LogP contribution in [0.1, 0.15) is 63.1 Å². The van der Waals surface area contributed by atoms with Crippen molar-refractivity contribution in [2.75, 3.05) is 13.2 Å². The number of aromatic nitrogens is 4. The Hall–Kier alpha value is -1.95. The lowest BCUT2D eigenvalue weighted by molar-refractivity contribution is 0.193. The van der Waals surface area contributed by atoms with Gasteiger partial charge in [0.05, 0.1) is 17.8 Å². The second kappa shape index (κ2) is 7.12. The van der Waals surface area contributed by atoms with Gasteiger partial charge >= 0.3 is 0 Å². The Morgan fingerprint density at radius 1 is 1.28 bits per heavy atom. The Labute approximate surface area is 149 Å². The summed E-state index contributed by atoms with van der Waals surface area (Å²) < 4.78 is 13.5. The number of ether oxygens (including phenoxy) is 2. The van der Waals surface area contributed by atoms with E-state index in [0.29, 0.717) is 13.2 Å². The summed E-state index contributed by atoms with van der Waals surface area (Å²) in [5, 5.41) is 4.76. The lowest BCUT2D eigenvalue weighted by Gasteiger charge is -2.21. The summed E-state index contributed by atoms with van der Waals surface area (Å²) in [5.74, 6) is 2.82. The third kappa shape index (κ3) is 4.00. The van der Waals surface area contributed by atoms with Gasteiger partial charge in [-0.05, 0) is 52.7 Å². The summed E-state index contributed by atoms with van der Waals surface area (Å²) in [6.45, 7) is 12.3. The lowest BCUT2D eigenvalue weighted by atomic mass is 10.1. The van der Waals surface area contributed by atoms with E-state index in [2.05, 4.69) is 32.7 Å². The molecule has 0 N–H and O–H groups in total. The van der Waals surface area contributed by atoms with E-state index in [0.717, 1.165) is 48.2 Å². The van der Waals surface area contributed by atoms with Gasteiger partial charge in [-0.25, -0.2) is 9.67 Å². The maximum absolute atomic E-state index is 6.06. The fourth-order valence-electron chi connectivity index (χ4n) is 3.03. The minimum Gasteiger partial charge on any atom is -0.484 e. The molecule has 1 saturated heterocycles. The van der Waals surface area contributed by atoms with Crippen molar-refractivity contribution in [2.24, 2.45) is 0 Å². The minimum absolute atomic E-state index is 0.150. The van der Waals surface area contributed by atoms with E-state index < -0.39 is 0 Å². The number of hydrogen-bond donors (Lipinski definition) is 0. The molecule has 136 valence electrons. The first-order valence-electron chi connectivity index (χ1n) is 9.02. The zero-order chi connectivity index (χ0) is 18.0. The zero-order valence-electron chi connectivity index (χ0n) is 15.9. The summed E-state index contributed by atoms with van der Waals surface area (Å²) >= 11 is 0. The molecule has 0 saturated carbocycles. The van der Waals surface area contributed by atoms with Gasteiger partial charge in [0, 0.05) is 18.2 Å². The highest BCUT2D eigenvalue weighted by molar-refractivity contribution is 5.29. The second-order valence-corrected chi connectivity index (χ2v) is 7.57. The zero-order valence-corrected chi connectivity index (χ0v) is 15.9. The van der Waals surface area contributed by atoms with Gasteiger partial charge in [-0.3, -0.25) is 4.98 Å². The minimum atomic E-state index is -0.150. The van der Waals surface area contributed by atoms with Crippen LogP contribution < -0.4 is 4.74 Å². The highest BCUT2D eigenvalue weighted by atomic mass is 16.5. The summed E-state index contributed by atoms with van der Waals surface area (Å²) in [4.78, 5) is 9.33. The van der Waals surface area contributed by atoms with Crippen LogP contribution in [-0.4, -0.2) is 33.0 Å². The largest absolute Gasteiger partial charge is 0.484 e. The number of pyridine rings is 1. The molecule has 3 heterocycles. The Morgan fingerprint density at radius 3 is 2.72 bits per heavy atom. The molecule has 1 fully saturated rings. The third-order valence-corrected chi connectivity index (χ3v) is 4.38.